The third kappa shape index (κ3) is 4.52. The van der Waals surface area contributed by atoms with E-state index in [1.54, 1.807) is 0 Å². The van der Waals surface area contributed by atoms with E-state index >= 15 is 0 Å². The first kappa shape index (κ1) is 13.0. The van der Waals surface area contributed by atoms with Crippen LogP contribution in [0.5, 0.6) is 0 Å². The molecule has 1 N–H and O–H groups in total. The molecule has 0 heterocycles. The third-order valence-corrected chi connectivity index (χ3v) is 3.26. The van der Waals surface area contributed by atoms with E-state index in [1.165, 1.54) is 19.3 Å². The van der Waals surface area contributed by atoms with E-state index in [4.69, 9.17) is 4.74 Å². The van der Waals surface area contributed by atoms with Crippen molar-refractivity contribution >= 4 is 0 Å². The molecule has 0 saturated heterocycles. The number of likely N-dealkylation sites (N-methyl/N-ethyl adjacent to an activating group) is 1. The Hall–Kier alpha value is -0.0800. The van der Waals surface area contributed by atoms with Gasteiger partial charge in [-0.2, -0.15) is 0 Å². The van der Waals surface area contributed by atoms with Crippen LogP contribution in [0.15, 0.2) is 0 Å². The van der Waals surface area contributed by atoms with E-state index in [-0.39, 0.29) is 0 Å². The second-order valence-electron chi connectivity index (χ2n) is 6.04. The lowest BCUT2D eigenvalue weighted by Gasteiger charge is -2.39. The minimum Gasteiger partial charge on any atom is -0.374 e. The average Bonchev–Trinajstić information content (AvgIpc) is 1.99. The van der Waals surface area contributed by atoms with Crippen LogP contribution in [-0.4, -0.2) is 25.8 Å². The van der Waals surface area contributed by atoms with Gasteiger partial charge in [0.05, 0.1) is 12.2 Å². The van der Waals surface area contributed by atoms with Crippen LogP contribution in [0.4, 0.5) is 0 Å². The van der Waals surface area contributed by atoms with Crippen LogP contribution in [-0.2, 0) is 4.74 Å². The Labute approximate surface area is 94.8 Å². The van der Waals surface area contributed by atoms with Crippen LogP contribution in [0.3, 0.4) is 0 Å². The van der Waals surface area contributed by atoms with Gasteiger partial charge in [-0.05, 0) is 44.6 Å². The van der Waals surface area contributed by atoms with Crippen molar-refractivity contribution in [1.82, 2.24) is 5.32 Å². The summed E-state index contributed by atoms with van der Waals surface area (Å²) in [6.07, 6.45) is 4.59. The van der Waals surface area contributed by atoms with Gasteiger partial charge in [-0.15, -0.1) is 0 Å². The first-order chi connectivity index (χ1) is 6.93. The molecular formula is C13H27NO. The van der Waals surface area contributed by atoms with Crippen LogP contribution in [0.25, 0.3) is 0 Å². The van der Waals surface area contributed by atoms with E-state index in [0.29, 0.717) is 17.6 Å². The third-order valence-electron chi connectivity index (χ3n) is 3.26. The zero-order chi connectivity index (χ0) is 11.5. The molecule has 1 saturated carbocycles. The molecule has 1 rings (SSSR count). The highest BCUT2D eigenvalue weighted by atomic mass is 16.5. The Morgan fingerprint density at radius 1 is 1.40 bits per heavy atom. The Kier molecular flexibility index (Phi) is 4.60. The van der Waals surface area contributed by atoms with Crippen LogP contribution < -0.4 is 5.32 Å². The first-order valence-electron chi connectivity index (χ1n) is 6.23. The Balaban J connectivity index is 2.41. The van der Waals surface area contributed by atoms with Crippen molar-refractivity contribution in [2.75, 3.05) is 13.6 Å². The molecule has 3 unspecified atom stereocenters. The van der Waals surface area contributed by atoms with Gasteiger partial charge >= 0.3 is 0 Å². The molecule has 0 aromatic heterocycles. The Morgan fingerprint density at radius 3 is 2.60 bits per heavy atom. The van der Waals surface area contributed by atoms with Gasteiger partial charge in [0.15, 0.2) is 0 Å². The van der Waals surface area contributed by atoms with Crippen molar-refractivity contribution in [2.45, 2.75) is 59.2 Å². The molecule has 0 aliphatic heterocycles. The highest BCUT2D eigenvalue weighted by molar-refractivity contribution is 4.83. The van der Waals surface area contributed by atoms with E-state index < -0.39 is 0 Å². The number of ether oxygens (including phenoxy) is 1. The molecule has 0 bridgehead atoms. The topological polar surface area (TPSA) is 21.3 Å². The van der Waals surface area contributed by atoms with Gasteiger partial charge in [0.2, 0.25) is 0 Å². The summed E-state index contributed by atoms with van der Waals surface area (Å²) in [7, 11) is 1.98. The SMILES string of the molecule is CNCC(C)OC1CC(C)CC(C)(C)C1. The number of rotatable bonds is 4. The summed E-state index contributed by atoms with van der Waals surface area (Å²) in [6, 6.07) is 0. The van der Waals surface area contributed by atoms with Crippen LogP contribution >= 0.6 is 0 Å². The predicted octanol–water partition coefficient (Wildman–Crippen LogP) is 2.83. The van der Waals surface area contributed by atoms with Gasteiger partial charge in [-0.1, -0.05) is 20.8 Å². The fourth-order valence-electron chi connectivity index (χ4n) is 3.03. The molecule has 0 aromatic carbocycles. The Morgan fingerprint density at radius 2 is 2.07 bits per heavy atom. The van der Waals surface area contributed by atoms with Crippen molar-refractivity contribution in [3.63, 3.8) is 0 Å². The van der Waals surface area contributed by atoms with Gasteiger partial charge in [-0.25, -0.2) is 0 Å². The molecule has 0 spiro atoms. The summed E-state index contributed by atoms with van der Waals surface area (Å²) >= 11 is 0. The van der Waals surface area contributed by atoms with Gasteiger partial charge in [0, 0.05) is 6.54 Å². The van der Waals surface area contributed by atoms with E-state index in [9.17, 15) is 0 Å². The van der Waals surface area contributed by atoms with Crippen LogP contribution in [0.2, 0.25) is 0 Å². The summed E-state index contributed by atoms with van der Waals surface area (Å²) < 4.78 is 6.08. The maximum absolute atomic E-state index is 6.08. The van der Waals surface area contributed by atoms with Crippen molar-refractivity contribution < 1.29 is 4.74 Å². The number of hydrogen-bond donors (Lipinski definition) is 1. The monoisotopic (exact) mass is 213 g/mol. The van der Waals surface area contributed by atoms with Crippen molar-refractivity contribution in [2.24, 2.45) is 11.3 Å². The molecule has 1 fully saturated rings. The molecule has 90 valence electrons. The summed E-state index contributed by atoms with van der Waals surface area (Å²) in [5.41, 5.74) is 0.460. The standard InChI is InChI=1S/C13H27NO/c1-10-6-12(8-13(3,4)7-10)15-11(2)9-14-5/h10-12,14H,6-9H2,1-5H3. The lowest BCUT2D eigenvalue weighted by Crippen LogP contribution is -2.36. The molecule has 15 heavy (non-hydrogen) atoms. The second kappa shape index (κ2) is 5.31. The normalized spacial score (nSPS) is 32.6. The molecular weight excluding hydrogens is 186 g/mol. The van der Waals surface area contributed by atoms with E-state index in [2.05, 4.69) is 33.0 Å². The highest BCUT2D eigenvalue weighted by Gasteiger charge is 2.33. The maximum Gasteiger partial charge on any atom is 0.0675 e. The summed E-state index contributed by atoms with van der Waals surface area (Å²) in [4.78, 5) is 0. The average molecular weight is 213 g/mol. The maximum atomic E-state index is 6.08. The van der Waals surface area contributed by atoms with Gasteiger partial charge in [-0.3, -0.25) is 0 Å². The zero-order valence-electron chi connectivity index (χ0n) is 11.0. The molecule has 0 radical (unpaired) electrons. The largest absolute Gasteiger partial charge is 0.374 e. The second-order valence-corrected chi connectivity index (χ2v) is 6.04. The molecule has 2 nitrogen and oxygen atoms in total. The van der Waals surface area contributed by atoms with Gasteiger partial charge < -0.3 is 10.1 Å². The van der Waals surface area contributed by atoms with E-state index in [0.717, 1.165) is 12.5 Å². The molecule has 3 atom stereocenters. The summed E-state index contributed by atoms with van der Waals surface area (Å²) in [6.45, 7) is 10.2. The lowest BCUT2D eigenvalue weighted by molar-refractivity contribution is -0.0570. The van der Waals surface area contributed by atoms with E-state index in [1.807, 2.05) is 7.05 Å². The molecule has 1 aliphatic carbocycles. The summed E-state index contributed by atoms with van der Waals surface area (Å²) in [5.74, 6) is 0.806. The smallest absolute Gasteiger partial charge is 0.0675 e. The Bertz CT molecular complexity index is 191. The molecule has 0 amide bonds. The first-order valence-corrected chi connectivity index (χ1v) is 6.23. The fourth-order valence-corrected chi connectivity index (χ4v) is 3.03. The van der Waals surface area contributed by atoms with Crippen LogP contribution in [0.1, 0.15) is 47.0 Å². The lowest BCUT2D eigenvalue weighted by atomic mass is 9.71. The van der Waals surface area contributed by atoms with Gasteiger partial charge in [0.25, 0.3) is 0 Å². The fraction of sp³-hybridized carbons (Fsp3) is 1.00. The minimum atomic E-state index is 0.334. The number of hydrogen-bond acceptors (Lipinski definition) is 2. The highest BCUT2D eigenvalue weighted by Crippen LogP contribution is 2.39. The minimum absolute atomic E-state index is 0.334. The van der Waals surface area contributed by atoms with Crippen molar-refractivity contribution in [3.05, 3.63) is 0 Å². The molecule has 2 heteroatoms. The van der Waals surface area contributed by atoms with Gasteiger partial charge in [0.1, 0.15) is 0 Å². The van der Waals surface area contributed by atoms with Crippen molar-refractivity contribution in [1.29, 1.82) is 0 Å². The molecule has 1 aliphatic rings. The predicted molar refractivity (Wildman–Crippen MR) is 65.1 cm³/mol. The molecule has 0 aromatic rings. The van der Waals surface area contributed by atoms with Crippen LogP contribution in [0, 0.1) is 11.3 Å². The number of nitrogens with one attached hydrogen (secondary N) is 1. The quantitative estimate of drug-likeness (QED) is 0.775. The summed E-state index contributed by atoms with van der Waals surface area (Å²) in [5, 5.41) is 3.16. The zero-order valence-corrected chi connectivity index (χ0v) is 11.0. The van der Waals surface area contributed by atoms with Crippen molar-refractivity contribution in [3.8, 4) is 0 Å².